The van der Waals surface area contributed by atoms with Gasteiger partial charge in [0.05, 0.1) is 17.5 Å². The maximum Gasteiger partial charge on any atom is 0.328 e. The first-order valence-corrected chi connectivity index (χ1v) is 22.1. The van der Waals surface area contributed by atoms with Crippen LogP contribution in [-0.2, 0) is 9.53 Å². The van der Waals surface area contributed by atoms with Crippen molar-refractivity contribution in [2.45, 2.75) is 76.1 Å². The Morgan fingerprint density at radius 2 is 1.70 bits per heavy atom. The number of methoxy groups -OCH3 is 1. The number of nitrogen functional groups attached to an aromatic ring is 1. The zero-order chi connectivity index (χ0) is 44.0. The van der Waals surface area contributed by atoms with Gasteiger partial charge in [-0.3, -0.25) is 19.8 Å². The van der Waals surface area contributed by atoms with Crippen LogP contribution >= 0.6 is 0 Å². The summed E-state index contributed by atoms with van der Waals surface area (Å²) < 4.78 is 24.7. The smallest absolute Gasteiger partial charge is 0.328 e. The fourth-order valence-electron chi connectivity index (χ4n) is 10.4. The van der Waals surface area contributed by atoms with Crippen molar-refractivity contribution in [1.82, 2.24) is 29.9 Å². The fraction of sp³-hybridized carbons (Fsp3) is 0.438. The number of hydrogen-bond acceptors (Lipinski definition) is 10. The van der Waals surface area contributed by atoms with Gasteiger partial charge >= 0.3 is 6.03 Å². The van der Waals surface area contributed by atoms with Gasteiger partial charge in [-0.25, -0.2) is 9.18 Å². The van der Waals surface area contributed by atoms with Crippen LogP contribution in [0.5, 0.6) is 5.75 Å². The first-order valence-electron chi connectivity index (χ1n) is 22.1. The number of ether oxygens (including phenoxy) is 1. The predicted octanol–water partition coefficient (Wildman–Crippen LogP) is 6.74. The summed E-state index contributed by atoms with van der Waals surface area (Å²) in [5.74, 6) is 0.175. The van der Waals surface area contributed by atoms with E-state index in [1.165, 1.54) is 0 Å². The standard InChI is InChI=1S/C48H56FN9O5/c1-30-26-58(40-13-12-39(31(2)44(30)40)57-21-16-43(60)51-47(57)62)35-14-19-54(20-15-35)29-48(49)17-22-55(23-18-48)46(61)33-10-8-32(9-11-33)34-24-36(63-3)28-56(27-34)41-25-38(52-53-45(41)50)37-6-4-5-7-42(37)59/h4-13,25-26,34-36,59H,14-24,27-29H2,1-3H3,(H2,50,53)(H,51,60,62)/t34-,36+/m0/s1. The quantitative estimate of drug-likeness (QED) is 0.145. The summed E-state index contributed by atoms with van der Waals surface area (Å²) in [4.78, 5) is 45.9. The molecule has 6 heterocycles. The van der Waals surface area contributed by atoms with E-state index in [2.05, 4.69) is 49.1 Å². The zero-order valence-electron chi connectivity index (χ0n) is 36.2. The number of nitrogens with one attached hydrogen (secondary N) is 1. The van der Waals surface area contributed by atoms with E-state index in [1.807, 2.05) is 49.4 Å². The van der Waals surface area contributed by atoms with Crippen LogP contribution in [0, 0.1) is 13.8 Å². The van der Waals surface area contributed by atoms with Crippen molar-refractivity contribution in [3.05, 3.63) is 95.2 Å². The van der Waals surface area contributed by atoms with Crippen LogP contribution < -0.4 is 20.9 Å². The van der Waals surface area contributed by atoms with Gasteiger partial charge in [-0.15, -0.1) is 10.2 Å². The molecule has 5 aromatic rings. The highest BCUT2D eigenvalue weighted by atomic mass is 19.1. The second-order valence-electron chi connectivity index (χ2n) is 17.9. The van der Waals surface area contributed by atoms with Gasteiger partial charge in [0, 0.05) is 125 Å². The number of amides is 4. The normalized spacial score (nSPS) is 21.2. The van der Waals surface area contributed by atoms with Crippen LogP contribution in [0.25, 0.3) is 22.2 Å². The van der Waals surface area contributed by atoms with E-state index in [0.29, 0.717) is 74.7 Å². The van der Waals surface area contributed by atoms with Crippen molar-refractivity contribution in [2.75, 3.05) is 75.0 Å². The predicted molar refractivity (Wildman–Crippen MR) is 241 cm³/mol. The minimum atomic E-state index is -1.36. The number of rotatable bonds is 9. The number of nitrogens with two attached hydrogens (primary N) is 1. The van der Waals surface area contributed by atoms with Crippen molar-refractivity contribution in [2.24, 2.45) is 0 Å². The molecule has 4 N–H and O–H groups in total. The van der Waals surface area contributed by atoms with Gasteiger partial charge in [-0.2, -0.15) is 0 Å². The number of carbonyl (C=O) groups is 3. The Balaban J connectivity index is 0.788. The molecule has 0 radical (unpaired) electrons. The minimum absolute atomic E-state index is 0.0670. The molecule has 4 aliphatic rings. The molecule has 4 amide bonds. The molecule has 3 aromatic carbocycles. The van der Waals surface area contributed by atoms with E-state index in [1.54, 1.807) is 35.1 Å². The number of fused-ring (bicyclic) bond motifs is 1. The van der Waals surface area contributed by atoms with Crippen molar-refractivity contribution in [3.8, 4) is 17.0 Å². The number of phenolic OH excluding ortho intramolecular Hbond substituents is 1. The number of halogens is 1. The number of carbonyl (C=O) groups excluding carboxylic acids is 3. The molecule has 9 rings (SSSR count). The van der Waals surface area contributed by atoms with Crippen LogP contribution in [0.3, 0.4) is 0 Å². The van der Waals surface area contributed by atoms with Gasteiger partial charge in [0.15, 0.2) is 5.82 Å². The van der Waals surface area contributed by atoms with Gasteiger partial charge < -0.3 is 34.8 Å². The van der Waals surface area contributed by atoms with Crippen LogP contribution in [0.1, 0.15) is 77.5 Å². The number of alkyl halides is 1. The molecule has 4 aliphatic heterocycles. The van der Waals surface area contributed by atoms with Crippen molar-refractivity contribution < 1.29 is 28.6 Å². The zero-order valence-corrected chi connectivity index (χ0v) is 36.2. The molecule has 2 aromatic heterocycles. The third-order valence-corrected chi connectivity index (χ3v) is 13.9. The molecule has 0 aliphatic carbocycles. The second kappa shape index (κ2) is 17.2. The van der Waals surface area contributed by atoms with E-state index < -0.39 is 5.67 Å². The van der Waals surface area contributed by atoms with E-state index in [-0.39, 0.29) is 48.1 Å². The van der Waals surface area contributed by atoms with Crippen molar-refractivity contribution in [3.63, 3.8) is 0 Å². The van der Waals surface area contributed by atoms with Crippen molar-refractivity contribution in [1.29, 1.82) is 0 Å². The second-order valence-corrected chi connectivity index (χ2v) is 17.9. The molecule has 4 fully saturated rings. The summed E-state index contributed by atoms with van der Waals surface area (Å²) in [6.07, 6.45) is 5.62. The van der Waals surface area contributed by atoms with E-state index in [0.717, 1.165) is 71.3 Å². The molecular formula is C48H56FN9O5. The van der Waals surface area contributed by atoms with E-state index in [4.69, 9.17) is 10.5 Å². The number of aromatic hydroxyl groups is 1. The lowest BCUT2D eigenvalue weighted by atomic mass is 9.88. The number of benzene rings is 3. The molecule has 330 valence electrons. The van der Waals surface area contributed by atoms with Crippen LogP contribution in [0.2, 0.25) is 0 Å². The van der Waals surface area contributed by atoms with Crippen LogP contribution in [-0.4, -0.2) is 119 Å². The lowest BCUT2D eigenvalue weighted by molar-refractivity contribution is -0.120. The highest BCUT2D eigenvalue weighted by molar-refractivity contribution is 6.07. The van der Waals surface area contributed by atoms with E-state index in [9.17, 15) is 19.5 Å². The number of nitrogens with zero attached hydrogens (tertiary/aromatic N) is 7. The average Bonchev–Trinajstić information content (AvgIpc) is 3.63. The molecule has 0 spiro atoms. The number of aryl methyl sites for hydroxylation is 2. The molecule has 0 saturated carbocycles. The SMILES string of the molecule is CO[C@@H]1C[C@H](c2ccc(C(=O)N3CCC(F)(CN4CCC(n5cc(C)c6c(C)c(N7CCC(=O)NC7=O)ccc65)CC4)CC3)cc2)CN(c2cc(-c3ccccc3O)nnc2N)C1. The average molecular weight is 858 g/mol. The lowest BCUT2D eigenvalue weighted by Crippen LogP contribution is -2.51. The Labute approximate surface area is 366 Å². The highest BCUT2D eigenvalue weighted by Gasteiger charge is 2.39. The number of anilines is 3. The summed E-state index contributed by atoms with van der Waals surface area (Å²) >= 11 is 0. The van der Waals surface area contributed by atoms with Gasteiger partial charge in [0.25, 0.3) is 5.91 Å². The molecule has 4 saturated heterocycles. The molecule has 14 nitrogen and oxygen atoms in total. The third kappa shape index (κ3) is 8.43. The first kappa shape index (κ1) is 42.3. The number of aromatic nitrogens is 3. The lowest BCUT2D eigenvalue weighted by Gasteiger charge is -2.41. The molecular weight excluding hydrogens is 802 g/mol. The molecule has 15 heteroatoms. The number of piperidine rings is 3. The first-order chi connectivity index (χ1) is 30.4. The number of hydrogen-bond donors (Lipinski definition) is 3. The number of phenols is 1. The van der Waals surface area contributed by atoms with E-state index >= 15 is 4.39 Å². The van der Waals surface area contributed by atoms with Gasteiger partial charge in [0.1, 0.15) is 11.4 Å². The monoisotopic (exact) mass is 857 g/mol. The number of urea groups is 1. The van der Waals surface area contributed by atoms with Crippen molar-refractivity contribution >= 4 is 45.9 Å². The highest BCUT2D eigenvalue weighted by Crippen LogP contribution is 2.39. The van der Waals surface area contributed by atoms with Crippen LogP contribution in [0.4, 0.5) is 26.4 Å². The number of para-hydroxylation sites is 1. The Kier molecular flexibility index (Phi) is 11.6. The summed E-state index contributed by atoms with van der Waals surface area (Å²) in [7, 11) is 1.71. The van der Waals surface area contributed by atoms with Gasteiger partial charge in [-0.05, 0) is 92.3 Å². The number of imide groups is 1. The molecule has 2 atom stereocenters. The summed E-state index contributed by atoms with van der Waals surface area (Å²) in [6.45, 7) is 8.46. The molecule has 0 bridgehead atoms. The maximum absolute atomic E-state index is 16.5. The Bertz CT molecular complexity index is 2530. The Hall–Kier alpha value is -6.06. The topological polar surface area (TPSA) is 162 Å². The van der Waals surface area contributed by atoms with Gasteiger partial charge in [0.2, 0.25) is 5.91 Å². The minimum Gasteiger partial charge on any atom is -0.507 e. The Morgan fingerprint density at radius 3 is 2.41 bits per heavy atom. The van der Waals surface area contributed by atoms with Gasteiger partial charge in [-0.1, -0.05) is 24.3 Å². The largest absolute Gasteiger partial charge is 0.507 e. The number of likely N-dealkylation sites (tertiary alicyclic amines) is 2. The summed E-state index contributed by atoms with van der Waals surface area (Å²) in [5, 5.41) is 22.5. The van der Waals surface area contributed by atoms with Crippen LogP contribution in [0.15, 0.2) is 72.9 Å². The Morgan fingerprint density at radius 1 is 0.952 bits per heavy atom. The third-order valence-electron chi connectivity index (χ3n) is 13.9. The molecule has 0 unspecified atom stereocenters. The fourth-order valence-corrected chi connectivity index (χ4v) is 10.4. The summed E-state index contributed by atoms with van der Waals surface area (Å²) in [5.41, 5.74) is 12.6. The summed E-state index contributed by atoms with van der Waals surface area (Å²) in [6, 6.07) is 20.6. The maximum atomic E-state index is 16.5. The molecule has 63 heavy (non-hydrogen) atoms.